The monoisotopic (exact) mass is 338 g/mol. The first-order valence-corrected chi connectivity index (χ1v) is 7.11. The number of aliphatic hydroxyl groups excluding tert-OH is 2. The van der Waals surface area contributed by atoms with Gasteiger partial charge in [-0.15, -0.1) is 0 Å². The van der Waals surface area contributed by atoms with Gasteiger partial charge < -0.3 is 10.2 Å². The number of halogens is 2. The Kier molecular flexibility index (Phi) is 4.91. The molecule has 0 saturated carbocycles. The van der Waals surface area contributed by atoms with Gasteiger partial charge in [-0.05, 0) is 41.8 Å². The average Bonchev–Trinajstić information content (AvgIpc) is 2.47. The second-order valence-corrected chi connectivity index (χ2v) is 5.83. The third-order valence-electron chi connectivity index (χ3n) is 3.50. The Morgan fingerprint density at radius 2 is 1.65 bits per heavy atom. The van der Waals surface area contributed by atoms with Crippen LogP contribution in [0, 0.1) is 5.82 Å². The van der Waals surface area contributed by atoms with Gasteiger partial charge in [0, 0.05) is 9.89 Å². The van der Waals surface area contributed by atoms with E-state index in [1.165, 1.54) is 12.1 Å². The van der Waals surface area contributed by atoms with Crippen molar-refractivity contribution in [2.45, 2.75) is 11.8 Å². The number of aliphatic hydroxyl groups is 2. The Hall–Kier alpha value is -1.23. The highest BCUT2D eigenvalue weighted by Gasteiger charge is 2.31. The highest BCUT2D eigenvalue weighted by molar-refractivity contribution is 9.10. The summed E-state index contributed by atoms with van der Waals surface area (Å²) >= 11 is 3.37. The Labute approximate surface area is 126 Å². The van der Waals surface area contributed by atoms with Gasteiger partial charge >= 0.3 is 0 Å². The zero-order valence-corrected chi connectivity index (χ0v) is 12.5. The first kappa shape index (κ1) is 15.2. The van der Waals surface area contributed by atoms with Crippen molar-refractivity contribution in [3.05, 3.63) is 69.9 Å². The smallest absolute Gasteiger partial charge is 0.123 e. The summed E-state index contributed by atoms with van der Waals surface area (Å²) in [4.78, 5) is 0. The molecule has 2 aromatic rings. The molecule has 0 heterocycles. The van der Waals surface area contributed by atoms with Crippen molar-refractivity contribution < 1.29 is 14.6 Å². The normalized spacial score (nSPS) is 11.6. The summed E-state index contributed by atoms with van der Waals surface area (Å²) in [6, 6.07) is 13.7. The summed E-state index contributed by atoms with van der Waals surface area (Å²) in [6.07, 6.45) is 0.441. The quantitative estimate of drug-likeness (QED) is 0.879. The van der Waals surface area contributed by atoms with E-state index in [-0.39, 0.29) is 19.0 Å². The van der Waals surface area contributed by atoms with Crippen LogP contribution in [0.4, 0.5) is 4.39 Å². The molecule has 0 spiro atoms. The van der Waals surface area contributed by atoms with Crippen molar-refractivity contribution in [2.24, 2.45) is 0 Å². The predicted molar refractivity (Wildman–Crippen MR) is 80.1 cm³/mol. The largest absolute Gasteiger partial charge is 0.395 e. The van der Waals surface area contributed by atoms with Crippen LogP contribution in [-0.4, -0.2) is 23.4 Å². The molecule has 106 valence electrons. The lowest BCUT2D eigenvalue weighted by molar-refractivity contribution is 0.116. The van der Waals surface area contributed by atoms with Gasteiger partial charge in [-0.2, -0.15) is 0 Å². The molecular weight excluding hydrogens is 323 g/mol. The summed E-state index contributed by atoms with van der Waals surface area (Å²) in [7, 11) is 0. The van der Waals surface area contributed by atoms with E-state index in [0.717, 1.165) is 10.0 Å². The number of hydrogen-bond donors (Lipinski definition) is 2. The second kappa shape index (κ2) is 6.48. The van der Waals surface area contributed by atoms with E-state index in [1.807, 2.05) is 24.3 Å². The lowest BCUT2D eigenvalue weighted by atomic mass is 9.77. The van der Waals surface area contributed by atoms with Crippen LogP contribution >= 0.6 is 15.9 Å². The average molecular weight is 339 g/mol. The minimum atomic E-state index is -0.879. The van der Waals surface area contributed by atoms with Crippen LogP contribution in [0.5, 0.6) is 0 Å². The minimum Gasteiger partial charge on any atom is -0.395 e. The molecule has 0 unspecified atom stereocenters. The van der Waals surface area contributed by atoms with Gasteiger partial charge in [0.25, 0.3) is 0 Å². The molecule has 2 N–H and O–H groups in total. The summed E-state index contributed by atoms with van der Waals surface area (Å²) < 4.78 is 14.4. The summed E-state index contributed by atoms with van der Waals surface area (Å²) in [5.41, 5.74) is 0.696. The van der Waals surface area contributed by atoms with E-state index in [0.29, 0.717) is 12.0 Å². The molecule has 0 aliphatic heterocycles. The molecule has 0 fully saturated rings. The highest BCUT2D eigenvalue weighted by atomic mass is 79.9. The zero-order valence-electron chi connectivity index (χ0n) is 10.9. The second-order valence-electron chi connectivity index (χ2n) is 4.91. The minimum absolute atomic E-state index is 0.247. The molecule has 0 saturated heterocycles. The lowest BCUT2D eigenvalue weighted by Crippen LogP contribution is -2.37. The summed E-state index contributed by atoms with van der Waals surface area (Å²) in [5.74, 6) is -0.371. The van der Waals surface area contributed by atoms with Crippen LogP contribution in [0.1, 0.15) is 11.1 Å². The zero-order chi connectivity index (χ0) is 14.6. The van der Waals surface area contributed by atoms with E-state index in [1.54, 1.807) is 12.1 Å². The fourth-order valence-electron chi connectivity index (χ4n) is 2.26. The Morgan fingerprint density at radius 3 is 2.20 bits per heavy atom. The first-order valence-electron chi connectivity index (χ1n) is 6.32. The molecule has 0 radical (unpaired) electrons. The Morgan fingerprint density at radius 1 is 1.00 bits per heavy atom. The summed E-state index contributed by atoms with van der Waals surface area (Å²) in [6.45, 7) is -0.494. The van der Waals surface area contributed by atoms with Gasteiger partial charge in [0.1, 0.15) is 5.82 Å². The molecule has 20 heavy (non-hydrogen) atoms. The van der Waals surface area contributed by atoms with Crippen LogP contribution in [0.2, 0.25) is 0 Å². The number of hydrogen-bond acceptors (Lipinski definition) is 2. The van der Waals surface area contributed by atoms with Gasteiger partial charge in [0.15, 0.2) is 0 Å². The highest BCUT2D eigenvalue weighted by Crippen LogP contribution is 2.29. The van der Waals surface area contributed by atoms with Crippen molar-refractivity contribution >= 4 is 15.9 Å². The molecule has 2 aromatic carbocycles. The molecule has 0 aliphatic rings. The molecule has 2 nitrogen and oxygen atoms in total. The molecule has 0 aromatic heterocycles. The van der Waals surface area contributed by atoms with Crippen LogP contribution in [0.3, 0.4) is 0 Å². The molecule has 4 heteroatoms. The van der Waals surface area contributed by atoms with Gasteiger partial charge in [-0.3, -0.25) is 0 Å². The maximum atomic E-state index is 13.4. The standard InChI is InChI=1S/C16H16BrFO2/c17-14-6-4-12(5-7-14)9-16(10-19,11-20)13-2-1-3-15(18)8-13/h1-8,19-20H,9-11H2. The fraction of sp³-hybridized carbons (Fsp3) is 0.250. The number of benzene rings is 2. The van der Waals surface area contributed by atoms with E-state index in [4.69, 9.17) is 0 Å². The first-order chi connectivity index (χ1) is 9.59. The van der Waals surface area contributed by atoms with Crippen LogP contribution in [0.15, 0.2) is 53.0 Å². The van der Waals surface area contributed by atoms with E-state index < -0.39 is 5.41 Å². The van der Waals surface area contributed by atoms with Gasteiger partial charge in [0.05, 0.1) is 13.2 Å². The molecular formula is C16H16BrFO2. The molecule has 0 aliphatic carbocycles. The molecule has 0 atom stereocenters. The van der Waals surface area contributed by atoms with Crippen molar-refractivity contribution in [3.63, 3.8) is 0 Å². The Bertz CT molecular complexity index is 565. The van der Waals surface area contributed by atoms with Crippen molar-refractivity contribution in [3.8, 4) is 0 Å². The van der Waals surface area contributed by atoms with Crippen molar-refractivity contribution in [1.82, 2.24) is 0 Å². The third kappa shape index (κ3) is 3.26. The van der Waals surface area contributed by atoms with E-state index in [2.05, 4.69) is 15.9 Å². The van der Waals surface area contributed by atoms with Gasteiger partial charge in [-0.25, -0.2) is 4.39 Å². The summed E-state index contributed by atoms with van der Waals surface area (Å²) in [5, 5.41) is 19.5. The maximum absolute atomic E-state index is 13.4. The van der Waals surface area contributed by atoms with Crippen molar-refractivity contribution in [1.29, 1.82) is 0 Å². The van der Waals surface area contributed by atoms with Crippen LogP contribution < -0.4 is 0 Å². The molecule has 0 bridgehead atoms. The lowest BCUT2D eigenvalue weighted by Gasteiger charge is -2.30. The van der Waals surface area contributed by atoms with Crippen molar-refractivity contribution in [2.75, 3.05) is 13.2 Å². The Balaban J connectivity index is 2.36. The van der Waals surface area contributed by atoms with E-state index >= 15 is 0 Å². The predicted octanol–water partition coefficient (Wildman–Crippen LogP) is 3.05. The topological polar surface area (TPSA) is 40.5 Å². The third-order valence-corrected chi connectivity index (χ3v) is 4.03. The number of rotatable bonds is 5. The van der Waals surface area contributed by atoms with Crippen LogP contribution in [-0.2, 0) is 11.8 Å². The van der Waals surface area contributed by atoms with Gasteiger partial charge in [0.2, 0.25) is 0 Å². The van der Waals surface area contributed by atoms with Gasteiger partial charge in [-0.1, -0.05) is 40.2 Å². The SMILES string of the molecule is OCC(CO)(Cc1ccc(Br)cc1)c1cccc(F)c1. The molecule has 0 amide bonds. The maximum Gasteiger partial charge on any atom is 0.123 e. The van der Waals surface area contributed by atoms with E-state index in [9.17, 15) is 14.6 Å². The fourth-order valence-corrected chi connectivity index (χ4v) is 2.52. The molecule has 2 rings (SSSR count). The van der Waals surface area contributed by atoms with Crippen LogP contribution in [0.25, 0.3) is 0 Å².